The van der Waals surface area contributed by atoms with Gasteiger partial charge in [0, 0.05) is 6.54 Å². The highest BCUT2D eigenvalue weighted by molar-refractivity contribution is 9.10. The number of aromatic nitrogens is 1. The van der Waals surface area contributed by atoms with Gasteiger partial charge in [-0.3, -0.25) is 0 Å². The molecule has 4 heteroatoms. The molecule has 0 spiro atoms. The first-order chi connectivity index (χ1) is 5.74. The number of rotatable bonds is 1. The molecular weight excluding hydrogens is 218 g/mol. The van der Waals surface area contributed by atoms with Crippen LogP contribution < -0.4 is 0 Å². The summed E-state index contributed by atoms with van der Waals surface area (Å²) >= 11 is 3.25. The molecule has 12 heavy (non-hydrogen) atoms. The van der Waals surface area contributed by atoms with Crippen molar-refractivity contribution in [2.75, 3.05) is 0 Å². The van der Waals surface area contributed by atoms with E-state index in [0.717, 1.165) is 0 Å². The minimum atomic E-state index is 0.508. The highest BCUT2D eigenvalue weighted by Crippen LogP contribution is 2.20. The van der Waals surface area contributed by atoms with E-state index in [1.165, 1.54) is 0 Å². The Morgan fingerprint density at radius 2 is 2.17 bits per heavy atom. The predicted molar refractivity (Wildman–Crippen MR) is 47.2 cm³/mol. The van der Waals surface area contributed by atoms with Gasteiger partial charge in [-0.25, -0.2) is 0 Å². The summed E-state index contributed by atoms with van der Waals surface area (Å²) in [5.41, 5.74) is 1.02. The highest BCUT2D eigenvalue weighted by Gasteiger charge is 2.10. The maximum absolute atomic E-state index is 8.68. The van der Waals surface area contributed by atoms with Crippen LogP contribution in [0.1, 0.15) is 18.2 Å². The van der Waals surface area contributed by atoms with E-state index in [-0.39, 0.29) is 0 Å². The summed E-state index contributed by atoms with van der Waals surface area (Å²) in [5.74, 6) is 0. The number of halogens is 1. The molecule has 0 unspecified atom stereocenters. The zero-order valence-electron chi connectivity index (χ0n) is 6.50. The molecule has 0 aliphatic heterocycles. The maximum atomic E-state index is 8.68. The molecule has 0 amide bonds. The molecule has 0 atom stereocenters. The van der Waals surface area contributed by atoms with Crippen molar-refractivity contribution in [2.45, 2.75) is 13.5 Å². The van der Waals surface area contributed by atoms with E-state index in [1.54, 1.807) is 10.6 Å². The van der Waals surface area contributed by atoms with Gasteiger partial charge in [-0.2, -0.15) is 10.5 Å². The molecule has 0 radical (unpaired) electrons. The first-order valence-corrected chi connectivity index (χ1v) is 4.23. The summed E-state index contributed by atoms with van der Waals surface area (Å²) < 4.78 is 2.43. The van der Waals surface area contributed by atoms with Crippen LogP contribution >= 0.6 is 15.9 Å². The van der Waals surface area contributed by atoms with Gasteiger partial charge in [0.2, 0.25) is 0 Å². The van der Waals surface area contributed by atoms with E-state index in [4.69, 9.17) is 10.5 Å². The number of nitriles is 2. The Morgan fingerprint density at radius 3 is 2.50 bits per heavy atom. The molecular formula is C8H6BrN3. The largest absolute Gasteiger partial charge is 0.326 e. The average Bonchev–Trinajstić information content (AvgIpc) is 2.41. The van der Waals surface area contributed by atoms with E-state index >= 15 is 0 Å². The van der Waals surface area contributed by atoms with E-state index in [9.17, 15) is 0 Å². The van der Waals surface area contributed by atoms with E-state index in [2.05, 4.69) is 15.9 Å². The average molecular weight is 224 g/mol. The zero-order valence-corrected chi connectivity index (χ0v) is 8.09. The lowest BCUT2D eigenvalue weighted by molar-refractivity contribution is 0.740. The minimum Gasteiger partial charge on any atom is -0.326 e. The summed E-state index contributed by atoms with van der Waals surface area (Å²) in [4.78, 5) is 0. The van der Waals surface area contributed by atoms with Gasteiger partial charge in [0.25, 0.3) is 0 Å². The lowest BCUT2D eigenvalue weighted by Gasteiger charge is -1.99. The fraction of sp³-hybridized carbons (Fsp3) is 0.250. The van der Waals surface area contributed by atoms with Crippen LogP contribution in [0, 0.1) is 22.7 Å². The molecule has 60 valence electrons. The number of hydrogen-bond donors (Lipinski definition) is 0. The Kier molecular flexibility index (Phi) is 2.52. The smallest absolute Gasteiger partial charge is 0.122 e. The molecule has 0 saturated heterocycles. The van der Waals surface area contributed by atoms with Crippen molar-refractivity contribution in [3.8, 4) is 12.1 Å². The SMILES string of the molecule is CCn1c(C#N)cc(C#N)c1Br. The van der Waals surface area contributed by atoms with Crippen LogP contribution in [0.5, 0.6) is 0 Å². The monoisotopic (exact) mass is 223 g/mol. The second-order valence-electron chi connectivity index (χ2n) is 2.20. The molecule has 0 aliphatic carbocycles. The van der Waals surface area contributed by atoms with Crippen molar-refractivity contribution < 1.29 is 0 Å². The van der Waals surface area contributed by atoms with E-state index < -0.39 is 0 Å². The third-order valence-corrected chi connectivity index (χ3v) is 2.44. The van der Waals surface area contributed by atoms with Gasteiger partial charge in [0.15, 0.2) is 0 Å². The van der Waals surface area contributed by atoms with Gasteiger partial charge in [0.05, 0.1) is 5.56 Å². The molecule has 0 bridgehead atoms. The topological polar surface area (TPSA) is 52.5 Å². The standard InChI is InChI=1S/C8H6BrN3/c1-2-12-7(5-11)3-6(4-10)8(12)9/h3H,2H2,1H3. The maximum Gasteiger partial charge on any atom is 0.122 e. The van der Waals surface area contributed by atoms with Crippen LogP contribution in [0.15, 0.2) is 10.7 Å². The summed E-state index contributed by atoms with van der Waals surface area (Å²) in [6.45, 7) is 2.61. The van der Waals surface area contributed by atoms with Crippen LogP contribution in [0.25, 0.3) is 0 Å². The van der Waals surface area contributed by atoms with Crippen LogP contribution in [-0.2, 0) is 6.54 Å². The Hall–Kier alpha value is -1.26. The predicted octanol–water partition coefficient (Wildman–Crippen LogP) is 2.01. The molecule has 1 rings (SSSR count). The lowest BCUT2D eigenvalue weighted by atomic mass is 10.3. The first kappa shape index (κ1) is 8.83. The quantitative estimate of drug-likeness (QED) is 0.732. The number of hydrogen-bond acceptors (Lipinski definition) is 2. The van der Waals surface area contributed by atoms with Crippen molar-refractivity contribution >= 4 is 15.9 Å². The summed E-state index contributed by atoms with van der Waals surface area (Å²) in [6.07, 6.45) is 0. The van der Waals surface area contributed by atoms with Gasteiger partial charge in [0.1, 0.15) is 22.4 Å². The molecule has 1 aromatic rings. The summed E-state index contributed by atoms with van der Waals surface area (Å²) in [6, 6.07) is 5.61. The summed E-state index contributed by atoms with van der Waals surface area (Å²) in [5, 5.41) is 17.3. The normalized spacial score (nSPS) is 9.00. The molecule has 0 aliphatic rings. The Balaban J connectivity index is 3.37. The van der Waals surface area contributed by atoms with Crippen LogP contribution in [-0.4, -0.2) is 4.57 Å². The third-order valence-electron chi connectivity index (χ3n) is 1.58. The second-order valence-corrected chi connectivity index (χ2v) is 2.95. The van der Waals surface area contributed by atoms with Gasteiger partial charge in [-0.15, -0.1) is 0 Å². The molecule has 3 nitrogen and oxygen atoms in total. The fourth-order valence-corrected chi connectivity index (χ4v) is 1.65. The van der Waals surface area contributed by atoms with Crippen molar-refractivity contribution in [2.24, 2.45) is 0 Å². The van der Waals surface area contributed by atoms with Gasteiger partial charge in [-0.1, -0.05) is 0 Å². The van der Waals surface area contributed by atoms with E-state index in [0.29, 0.717) is 22.4 Å². The van der Waals surface area contributed by atoms with Crippen molar-refractivity contribution in [3.05, 3.63) is 21.9 Å². The second kappa shape index (κ2) is 3.42. The van der Waals surface area contributed by atoms with Crippen LogP contribution in [0.4, 0.5) is 0 Å². The zero-order chi connectivity index (χ0) is 9.14. The van der Waals surface area contributed by atoms with Crippen LogP contribution in [0.2, 0.25) is 0 Å². The third kappa shape index (κ3) is 1.22. The minimum absolute atomic E-state index is 0.508. The van der Waals surface area contributed by atoms with Gasteiger partial charge < -0.3 is 4.57 Å². The molecule has 1 heterocycles. The Bertz CT molecular complexity index is 378. The molecule has 1 aromatic heterocycles. The lowest BCUT2D eigenvalue weighted by Crippen LogP contribution is -1.96. The van der Waals surface area contributed by atoms with Crippen molar-refractivity contribution in [1.29, 1.82) is 10.5 Å². The van der Waals surface area contributed by atoms with Crippen molar-refractivity contribution in [1.82, 2.24) is 4.57 Å². The van der Waals surface area contributed by atoms with Crippen LogP contribution in [0.3, 0.4) is 0 Å². The Morgan fingerprint density at radius 1 is 1.50 bits per heavy atom. The molecule has 0 fully saturated rings. The van der Waals surface area contributed by atoms with E-state index in [1.807, 2.05) is 19.1 Å². The highest BCUT2D eigenvalue weighted by atomic mass is 79.9. The molecule has 0 aromatic carbocycles. The summed E-state index contributed by atoms with van der Waals surface area (Å²) in [7, 11) is 0. The van der Waals surface area contributed by atoms with Crippen molar-refractivity contribution in [3.63, 3.8) is 0 Å². The molecule has 0 saturated carbocycles. The number of nitrogens with zero attached hydrogens (tertiary/aromatic N) is 3. The van der Waals surface area contributed by atoms with Gasteiger partial charge >= 0.3 is 0 Å². The van der Waals surface area contributed by atoms with Gasteiger partial charge in [-0.05, 0) is 28.9 Å². The molecule has 0 N–H and O–H groups in total. The fourth-order valence-electron chi connectivity index (χ4n) is 1.01. The first-order valence-electron chi connectivity index (χ1n) is 3.43. The Labute approximate surface area is 79.0 Å².